The molecule has 0 aliphatic carbocycles. The molecule has 2 aromatic carbocycles. The fourth-order valence-corrected chi connectivity index (χ4v) is 3.45. The molecule has 0 heterocycles. The zero-order chi connectivity index (χ0) is 17.6. The van der Waals surface area contributed by atoms with E-state index < -0.39 is 0 Å². The summed E-state index contributed by atoms with van der Waals surface area (Å²) in [6.07, 6.45) is 0.549. The van der Waals surface area contributed by atoms with Crippen LogP contribution in [0, 0.1) is 13.8 Å². The Morgan fingerprint density at radius 1 is 0.880 bits per heavy atom. The molecule has 2 rings (SSSR count). The van der Waals surface area contributed by atoms with Gasteiger partial charge in [0, 0.05) is 12.0 Å². The lowest BCUT2D eigenvalue weighted by Crippen LogP contribution is -3.00. The average molecular weight is 404 g/mol. The van der Waals surface area contributed by atoms with Gasteiger partial charge in [0.25, 0.3) is 0 Å². The molecule has 0 amide bonds. The number of ketones is 1. The van der Waals surface area contributed by atoms with Gasteiger partial charge in [-0.15, -0.1) is 0 Å². The summed E-state index contributed by atoms with van der Waals surface area (Å²) in [5, 5.41) is 0. The number of aryl methyl sites for hydroxylation is 2. The molecule has 0 unspecified atom stereocenters. The van der Waals surface area contributed by atoms with Crippen molar-refractivity contribution >= 4 is 5.78 Å². The zero-order valence-corrected chi connectivity index (χ0v) is 17.5. The Kier molecular flexibility index (Phi) is 8.54. The first kappa shape index (κ1) is 21.6. The number of carbonyl (C=O) groups excluding carboxylic acids is 1. The van der Waals surface area contributed by atoms with Gasteiger partial charge >= 0.3 is 0 Å². The number of carbonyl (C=O) groups is 1. The molecule has 25 heavy (non-hydrogen) atoms. The standard InChI is InChI=1S/C22H30NO.BrH/c1-5-23(6-2,16-20-13-8-7-9-14-20)17-21(24)15-22-18(3)11-10-12-19(22)4;/h7-14H,5-6,15-17H2,1-4H3;1H/q+1;/p-1. The van der Waals surface area contributed by atoms with Crippen molar-refractivity contribution in [3.8, 4) is 0 Å². The summed E-state index contributed by atoms with van der Waals surface area (Å²) in [5.41, 5.74) is 4.95. The summed E-state index contributed by atoms with van der Waals surface area (Å²) in [5.74, 6) is 0.340. The average Bonchev–Trinajstić information content (AvgIpc) is 2.58. The topological polar surface area (TPSA) is 17.1 Å². The molecule has 0 aliphatic heterocycles. The van der Waals surface area contributed by atoms with Gasteiger partial charge in [0.2, 0.25) is 0 Å². The van der Waals surface area contributed by atoms with E-state index in [-0.39, 0.29) is 17.0 Å². The van der Waals surface area contributed by atoms with Gasteiger partial charge in [-0.1, -0.05) is 48.5 Å². The van der Waals surface area contributed by atoms with Crippen LogP contribution in [0.25, 0.3) is 0 Å². The van der Waals surface area contributed by atoms with Crippen LogP contribution in [0.15, 0.2) is 48.5 Å². The minimum atomic E-state index is 0. The number of nitrogens with zero attached hydrogens (tertiary/aromatic N) is 1. The van der Waals surface area contributed by atoms with Gasteiger partial charge in [0.05, 0.1) is 13.1 Å². The van der Waals surface area contributed by atoms with Crippen LogP contribution in [-0.4, -0.2) is 29.9 Å². The summed E-state index contributed by atoms with van der Waals surface area (Å²) < 4.78 is 0.827. The number of likely N-dealkylation sites (N-methyl/N-ethyl adjacent to an activating group) is 1. The van der Waals surface area contributed by atoms with E-state index in [9.17, 15) is 4.79 Å². The van der Waals surface area contributed by atoms with Crippen molar-refractivity contribution in [2.24, 2.45) is 0 Å². The van der Waals surface area contributed by atoms with E-state index in [2.05, 4.69) is 70.2 Å². The number of rotatable bonds is 8. The van der Waals surface area contributed by atoms with Crippen molar-refractivity contribution in [2.45, 2.75) is 40.7 Å². The number of hydrogen-bond donors (Lipinski definition) is 0. The van der Waals surface area contributed by atoms with Gasteiger partial charge in [0.15, 0.2) is 5.78 Å². The molecule has 0 spiro atoms. The van der Waals surface area contributed by atoms with Crippen LogP contribution in [0.3, 0.4) is 0 Å². The fourth-order valence-electron chi connectivity index (χ4n) is 3.45. The van der Waals surface area contributed by atoms with Gasteiger partial charge in [0.1, 0.15) is 13.1 Å². The maximum atomic E-state index is 12.8. The van der Waals surface area contributed by atoms with E-state index in [0.29, 0.717) is 18.7 Å². The summed E-state index contributed by atoms with van der Waals surface area (Å²) in [6.45, 7) is 12.1. The van der Waals surface area contributed by atoms with E-state index in [4.69, 9.17) is 0 Å². The second-order valence-electron chi connectivity index (χ2n) is 6.86. The van der Waals surface area contributed by atoms with Gasteiger partial charge < -0.3 is 21.5 Å². The van der Waals surface area contributed by atoms with Gasteiger partial charge in [-0.2, -0.15) is 0 Å². The SMILES string of the molecule is CC[N+](CC)(CC(=O)Cc1c(C)cccc1C)Cc1ccccc1.[Br-]. The summed E-state index contributed by atoms with van der Waals surface area (Å²) >= 11 is 0. The summed E-state index contributed by atoms with van der Waals surface area (Å²) in [4.78, 5) is 12.8. The van der Waals surface area contributed by atoms with E-state index >= 15 is 0 Å². The molecule has 0 bridgehead atoms. The molecule has 0 N–H and O–H groups in total. The molecule has 0 aliphatic rings. The number of quaternary nitrogens is 1. The third-order valence-electron chi connectivity index (χ3n) is 5.23. The Hall–Kier alpha value is -1.45. The first-order valence-corrected chi connectivity index (χ1v) is 8.95. The third kappa shape index (κ3) is 5.79. The van der Waals surface area contributed by atoms with Crippen molar-refractivity contribution < 1.29 is 26.3 Å². The Labute approximate surface area is 163 Å². The Balaban J connectivity index is 0.00000312. The van der Waals surface area contributed by atoms with Crippen LogP contribution in [0.4, 0.5) is 0 Å². The highest BCUT2D eigenvalue weighted by Gasteiger charge is 2.27. The van der Waals surface area contributed by atoms with Crippen LogP contribution >= 0.6 is 0 Å². The molecule has 0 aromatic heterocycles. The van der Waals surface area contributed by atoms with Crippen LogP contribution in [0.1, 0.15) is 36.1 Å². The van der Waals surface area contributed by atoms with Crippen LogP contribution < -0.4 is 17.0 Å². The van der Waals surface area contributed by atoms with Gasteiger partial charge in [-0.25, -0.2) is 0 Å². The monoisotopic (exact) mass is 403 g/mol. The molecule has 0 radical (unpaired) electrons. The number of halogens is 1. The fraction of sp³-hybridized carbons (Fsp3) is 0.409. The third-order valence-corrected chi connectivity index (χ3v) is 5.23. The molecule has 136 valence electrons. The predicted octanol–water partition coefficient (Wildman–Crippen LogP) is 1.48. The highest BCUT2D eigenvalue weighted by Crippen LogP contribution is 2.18. The molecule has 0 fully saturated rings. The second kappa shape index (κ2) is 9.88. The Morgan fingerprint density at radius 3 is 1.96 bits per heavy atom. The minimum Gasteiger partial charge on any atom is -1.00 e. The second-order valence-corrected chi connectivity index (χ2v) is 6.86. The zero-order valence-electron chi connectivity index (χ0n) is 15.9. The van der Waals surface area contributed by atoms with Crippen LogP contribution in [0.5, 0.6) is 0 Å². The number of benzene rings is 2. The quantitative estimate of drug-likeness (QED) is 0.610. The van der Waals surface area contributed by atoms with Gasteiger partial charge in [-0.05, 0) is 44.4 Å². The highest BCUT2D eigenvalue weighted by molar-refractivity contribution is 5.82. The van der Waals surface area contributed by atoms with Crippen molar-refractivity contribution in [3.63, 3.8) is 0 Å². The van der Waals surface area contributed by atoms with Crippen molar-refractivity contribution in [1.29, 1.82) is 0 Å². The Morgan fingerprint density at radius 2 is 1.44 bits per heavy atom. The highest BCUT2D eigenvalue weighted by atomic mass is 79.9. The van der Waals surface area contributed by atoms with Crippen molar-refractivity contribution in [1.82, 2.24) is 0 Å². The molecule has 2 aromatic rings. The normalized spacial score (nSPS) is 11.0. The maximum absolute atomic E-state index is 12.8. The first-order chi connectivity index (χ1) is 11.5. The Bertz CT molecular complexity index is 657. The lowest BCUT2D eigenvalue weighted by molar-refractivity contribution is -0.930. The molecule has 0 saturated heterocycles. The van der Waals surface area contributed by atoms with Crippen molar-refractivity contribution in [3.05, 3.63) is 70.8 Å². The maximum Gasteiger partial charge on any atom is 0.191 e. The number of hydrogen-bond acceptors (Lipinski definition) is 1. The van der Waals surface area contributed by atoms with Gasteiger partial charge in [-0.3, -0.25) is 4.79 Å². The van der Waals surface area contributed by atoms with Crippen LogP contribution in [0.2, 0.25) is 0 Å². The summed E-state index contributed by atoms with van der Waals surface area (Å²) in [7, 11) is 0. The molecule has 0 saturated carbocycles. The molecular formula is C22H30BrNO. The molecule has 2 nitrogen and oxygen atoms in total. The summed E-state index contributed by atoms with van der Waals surface area (Å²) in [6, 6.07) is 16.8. The van der Waals surface area contributed by atoms with E-state index in [1.54, 1.807) is 0 Å². The molecular weight excluding hydrogens is 374 g/mol. The first-order valence-electron chi connectivity index (χ1n) is 8.95. The van der Waals surface area contributed by atoms with Crippen LogP contribution in [-0.2, 0) is 17.8 Å². The predicted molar refractivity (Wildman–Crippen MR) is 101 cm³/mol. The lowest BCUT2D eigenvalue weighted by Gasteiger charge is -2.36. The lowest BCUT2D eigenvalue weighted by atomic mass is 9.97. The smallest absolute Gasteiger partial charge is 0.191 e. The number of Topliss-reactive ketones (excluding diaryl/α,β-unsaturated/α-hetero) is 1. The van der Waals surface area contributed by atoms with E-state index in [0.717, 1.165) is 24.1 Å². The van der Waals surface area contributed by atoms with Crippen molar-refractivity contribution in [2.75, 3.05) is 19.6 Å². The van der Waals surface area contributed by atoms with E-state index in [1.807, 2.05) is 6.07 Å². The molecule has 0 atom stereocenters. The van der Waals surface area contributed by atoms with E-state index in [1.165, 1.54) is 22.3 Å². The largest absolute Gasteiger partial charge is 1.00 e. The minimum absolute atomic E-state index is 0. The molecule has 3 heteroatoms.